The normalized spacial score (nSPS) is 23.6. The molecule has 4 amide bonds. The molecule has 1 aromatic rings. The average molecular weight is 548 g/mol. The molecule has 0 radical (unpaired) electrons. The number of rotatable bonds is 7. The molecule has 0 bridgehead atoms. The number of piperidine rings is 1. The molecule has 1 aromatic carbocycles. The fraction of sp³-hybridized carbons (Fsp3) is 0.607. The van der Waals surface area contributed by atoms with Crippen LogP contribution in [0.3, 0.4) is 0 Å². The molecule has 3 fully saturated rings. The van der Waals surface area contributed by atoms with Crippen molar-refractivity contribution in [1.82, 2.24) is 19.6 Å². The zero-order chi connectivity index (χ0) is 26.3. The molecule has 0 aromatic heterocycles. The van der Waals surface area contributed by atoms with Crippen molar-refractivity contribution in [2.24, 2.45) is 11.8 Å². The van der Waals surface area contributed by atoms with E-state index in [1.807, 2.05) is 42.1 Å². The standard InChI is InChI=1S/C28H36Cl2N4O3/c1-31(12-9-18-3-4-18)28(37)32(2)25-17-34(16-22(25)21-7-8-23(29)24(30)15-21)27(36)20-10-13-33(14-11-20)26(35)19-5-6-19/h5,7-8,15,18,20,22,25H,3-4,6,9-14,16-17H2,1-2H3/t22-,25+/m1/s1. The number of carbonyl (C=O) groups is 3. The van der Waals surface area contributed by atoms with E-state index < -0.39 is 0 Å². The molecule has 2 atom stereocenters. The third-order valence-corrected chi connectivity index (χ3v) is 9.22. The van der Waals surface area contributed by atoms with E-state index in [0.29, 0.717) is 49.1 Å². The second kappa shape index (κ2) is 10.9. The van der Waals surface area contributed by atoms with Crippen LogP contribution < -0.4 is 0 Å². The van der Waals surface area contributed by atoms with Crippen molar-refractivity contribution >= 4 is 41.0 Å². The van der Waals surface area contributed by atoms with Gasteiger partial charge in [-0.15, -0.1) is 0 Å². The minimum atomic E-state index is -0.166. The number of likely N-dealkylation sites (N-methyl/N-ethyl adjacent to an activating group) is 1. The molecule has 200 valence electrons. The quantitative estimate of drug-likeness (QED) is 0.500. The first kappa shape index (κ1) is 26.4. The third-order valence-electron chi connectivity index (χ3n) is 8.48. The van der Waals surface area contributed by atoms with Crippen molar-refractivity contribution in [3.63, 3.8) is 0 Å². The first-order valence-corrected chi connectivity index (χ1v) is 14.2. The Balaban J connectivity index is 1.28. The van der Waals surface area contributed by atoms with Crippen LogP contribution in [0, 0.1) is 11.8 Å². The Morgan fingerprint density at radius 2 is 1.68 bits per heavy atom. The lowest BCUT2D eigenvalue weighted by Gasteiger charge is -2.33. The minimum absolute atomic E-state index is 0.0220. The zero-order valence-electron chi connectivity index (χ0n) is 21.7. The largest absolute Gasteiger partial charge is 0.340 e. The van der Waals surface area contributed by atoms with E-state index in [0.717, 1.165) is 36.4 Å². The lowest BCUT2D eigenvalue weighted by Crippen LogP contribution is -2.48. The molecule has 9 heteroatoms. The van der Waals surface area contributed by atoms with Gasteiger partial charge in [-0.3, -0.25) is 9.59 Å². The maximum Gasteiger partial charge on any atom is 0.319 e. The highest BCUT2D eigenvalue weighted by Crippen LogP contribution is 2.36. The Morgan fingerprint density at radius 3 is 2.30 bits per heavy atom. The van der Waals surface area contributed by atoms with Gasteiger partial charge >= 0.3 is 6.03 Å². The summed E-state index contributed by atoms with van der Waals surface area (Å²) < 4.78 is 0. The SMILES string of the molecule is CN(CCC1CC1)C(=O)N(C)[C@H]1CN(C(=O)C2CCN(C(=O)C3=CC3)CC2)C[C@@H]1c1ccc(Cl)c(Cl)c1. The third kappa shape index (κ3) is 5.93. The fourth-order valence-corrected chi connectivity index (χ4v) is 6.04. The molecule has 7 nitrogen and oxygen atoms in total. The van der Waals surface area contributed by atoms with Crippen molar-refractivity contribution in [3.05, 3.63) is 45.5 Å². The van der Waals surface area contributed by atoms with Crippen molar-refractivity contribution in [3.8, 4) is 0 Å². The van der Waals surface area contributed by atoms with E-state index >= 15 is 0 Å². The molecule has 0 spiro atoms. The highest BCUT2D eigenvalue weighted by Gasteiger charge is 2.43. The van der Waals surface area contributed by atoms with Crippen molar-refractivity contribution < 1.29 is 14.4 Å². The van der Waals surface area contributed by atoms with Crippen LogP contribution in [0.15, 0.2) is 29.8 Å². The van der Waals surface area contributed by atoms with E-state index in [2.05, 4.69) is 0 Å². The number of urea groups is 1. The van der Waals surface area contributed by atoms with Crippen LogP contribution in [-0.2, 0) is 9.59 Å². The predicted molar refractivity (Wildman–Crippen MR) is 145 cm³/mol. The molecular weight excluding hydrogens is 511 g/mol. The van der Waals surface area contributed by atoms with Gasteiger partial charge in [0.1, 0.15) is 0 Å². The topological polar surface area (TPSA) is 64.2 Å². The summed E-state index contributed by atoms with van der Waals surface area (Å²) in [6.07, 6.45) is 7.67. The van der Waals surface area contributed by atoms with Gasteiger partial charge in [0.25, 0.3) is 0 Å². The van der Waals surface area contributed by atoms with E-state index in [-0.39, 0.29) is 35.7 Å². The van der Waals surface area contributed by atoms with E-state index in [1.165, 1.54) is 12.8 Å². The zero-order valence-corrected chi connectivity index (χ0v) is 23.2. The summed E-state index contributed by atoms with van der Waals surface area (Å²) in [5.41, 5.74) is 1.87. The van der Waals surface area contributed by atoms with Gasteiger partial charge in [-0.2, -0.15) is 0 Å². The number of nitrogens with zero attached hydrogens (tertiary/aromatic N) is 4. The number of amides is 4. The highest BCUT2D eigenvalue weighted by molar-refractivity contribution is 6.42. The Morgan fingerprint density at radius 1 is 0.973 bits per heavy atom. The summed E-state index contributed by atoms with van der Waals surface area (Å²) >= 11 is 12.5. The number of carbonyl (C=O) groups excluding carboxylic acids is 3. The van der Waals surface area contributed by atoms with Crippen LogP contribution in [0.1, 0.15) is 50.0 Å². The van der Waals surface area contributed by atoms with Crippen LogP contribution in [0.2, 0.25) is 10.0 Å². The molecule has 5 rings (SSSR count). The number of hydrogen-bond donors (Lipinski definition) is 0. The summed E-state index contributed by atoms with van der Waals surface area (Å²) in [4.78, 5) is 46.7. The van der Waals surface area contributed by atoms with Gasteiger partial charge in [0.15, 0.2) is 0 Å². The summed E-state index contributed by atoms with van der Waals surface area (Å²) in [6, 6.07) is 5.41. The Bertz CT molecular complexity index is 1100. The number of benzene rings is 1. The van der Waals surface area contributed by atoms with Crippen LogP contribution in [-0.4, -0.2) is 90.3 Å². The van der Waals surface area contributed by atoms with E-state index in [9.17, 15) is 14.4 Å². The monoisotopic (exact) mass is 546 g/mol. The predicted octanol–water partition coefficient (Wildman–Crippen LogP) is 4.64. The first-order valence-electron chi connectivity index (χ1n) is 13.4. The highest BCUT2D eigenvalue weighted by atomic mass is 35.5. The molecule has 2 aliphatic heterocycles. The van der Waals surface area contributed by atoms with E-state index in [1.54, 1.807) is 15.9 Å². The van der Waals surface area contributed by atoms with Gasteiger partial charge in [-0.05, 0) is 49.3 Å². The molecule has 2 saturated heterocycles. The van der Waals surface area contributed by atoms with Gasteiger partial charge < -0.3 is 19.6 Å². The van der Waals surface area contributed by atoms with E-state index in [4.69, 9.17) is 23.2 Å². The Kier molecular flexibility index (Phi) is 7.73. The van der Waals surface area contributed by atoms with Crippen LogP contribution >= 0.6 is 23.2 Å². The smallest absolute Gasteiger partial charge is 0.319 e. The minimum Gasteiger partial charge on any atom is -0.340 e. The maximum atomic E-state index is 13.6. The van der Waals surface area contributed by atoms with Crippen LogP contribution in [0.5, 0.6) is 0 Å². The number of likely N-dealkylation sites (tertiary alicyclic amines) is 2. The fourth-order valence-electron chi connectivity index (χ4n) is 5.74. The van der Waals surface area contributed by atoms with Gasteiger partial charge in [0, 0.05) is 64.2 Å². The lowest BCUT2D eigenvalue weighted by atomic mass is 9.93. The van der Waals surface area contributed by atoms with Crippen LogP contribution in [0.4, 0.5) is 4.79 Å². The molecule has 1 saturated carbocycles. The summed E-state index contributed by atoms with van der Waals surface area (Å²) in [7, 11) is 3.70. The Labute approximate surface area is 229 Å². The Hall–Kier alpha value is -2.25. The maximum absolute atomic E-state index is 13.6. The van der Waals surface area contributed by atoms with Crippen molar-refractivity contribution in [2.75, 3.05) is 46.8 Å². The summed E-state index contributed by atoms with van der Waals surface area (Å²) in [5.74, 6) is 0.832. The van der Waals surface area contributed by atoms with Crippen molar-refractivity contribution in [2.45, 2.75) is 50.5 Å². The van der Waals surface area contributed by atoms with Crippen molar-refractivity contribution in [1.29, 1.82) is 0 Å². The molecule has 2 heterocycles. The first-order chi connectivity index (χ1) is 17.7. The molecule has 37 heavy (non-hydrogen) atoms. The average Bonchev–Trinajstić information content (AvgIpc) is 3.85. The molecular formula is C28H36Cl2N4O3. The number of hydrogen-bond acceptors (Lipinski definition) is 3. The molecule has 2 aliphatic carbocycles. The number of allylic oxidation sites excluding steroid dienone is 1. The lowest BCUT2D eigenvalue weighted by molar-refractivity contribution is -0.138. The molecule has 0 N–H and O–H groups in total. The second-order valence-electron chi connectivity index (χ2n) is 11.1. The summed E-state index contributed by atoms with van der Waals surface area (Å²) in [6.45, 7) is 2.98. The van der Waals surface area contributed by atoms with Gasteiger partial charge in [-0.25, -0.2) is 4.79 Å². The van der Waals surface area contributed by atoms with Gasteiger partial charge in [0.2, 0.25) is 11.8 Å². The van der Waals surface area contributed by atoms with Crippen LogP contribution in [0.25, 0.3) is 0 Å². The molecule has 0 unspecified atom stereocenters. The summed E-state index contributed by atoms with van der Waals surface area (Å²) in [5, 5.41) is 0.960. The molecule has 4 aliphatic rings. The van der Waals surface area contributed by atoms with Gasteiger partial charge in [0.05, 0.1) is 16.1 Å². The number of halogens is 2. The van der Waals surface area contributed by atoms with Gasteiger partial charge in [-0.1, -0.05) is 48.2 Å². The second-order valence-corrected chi connectivity index (χ2v) is 12.0.